The van der Waals surface area contributed by atoms with Gasteiger partial charge in [-0.05, 0) is 71.8 Å². The van der Waals surface area contributed by atoms with E-state index in [4.69, 9.17) is 9.47 Å². The number of carboxylic acid groups (broad SMARTS) is 1. The summed E-state index contributed by atoms with van der Waals surface area (Å²) in [4.78, 5) is 36.7. The quantitative estimate of drug-likeness (QED) is 0.509. The molecule has 2 N–H and O–H groups in total. The number of hydrogen-bond acceptors (Lipinski definition) is 5. The Morgan fingerprint density at radius 1 is 0.971 bits per heavy atom. The zero-order valence-corrected chi connectivity index (χ0v) is 19.5. The van der Waals surface area contributed by atoms with Gasteiger partial charge in [0.05, 0.1) is 16.7 Å². The Balaban J connectivity index is 1.42. The number of ether oxygens (including phenoxy) is 2. The second kappa shape index (κ2) is 8.58. The van der Waals surface area contributed by atoms with E-state index in [0.29, 0.717) is 17.1 Å². The van der Waals surface area contributed by atoms with Gasteiger partial charge >= 0.3 is 5.97 Å². The summed E-state index contributed by atoms with van der Waals surface area (Å²) in [7, 11) is 0. The van der Waals surface area contributed by atoms with Gasteiger partial charge in [-0.25, -0.2) is 4.79 Å². The molecule has 7 nitrogen and oxygen atoms in total. The lowest BCUT2D eigenvalue weighted by Gasteiger charge is -2.16. The first-order chi connectivity index (χ1) is 16.8. The van der Waals surface area contributed by atoms with Crippen molar-refractivity contribution in [3.05, 3.63) is 76.9 Å². The molecule has 0 atom stereocenters. The van der Waals surface area contributed by atoms with Crippen LogP contribution in [0.5, 0.6) is 11.5 Å². The van der Waals surface area contributed by atoms with Crippen molar-refractivity contribution >= 4 is 23.3 Å². The van der Waals surface area contributed by atoms with Crippen LogP contribution in [0.25, 0.3) is 11.1 Å². The number of ketones is 1. The number of carbonyl (C=O) groups excluding carboxylic acids is 2. The van der Waals surface area contributed by atoms with Crippen molar-refractivity contribution in [3.63, 3.8) is 0 Å². The number of carboxylic acids is 1. The average molecular weight is 472 g/mol. The Morgan fingerprint density at radius 3 is 2.46 bits per heavy atom. The van der Waals surface area contributed by atoms with Crippen molar-refractivity contribution in [1.82, 2.24) is 0 Å². The van der Waals surface area contributed by atoms with E-state index in [1.54, 1.807) is 18.2 Å². The molecule has 0 unspecified atom stereocenters. The predicted octanol–water partition coefficient (Wildman–Crippen LogP) is 4.89. The van der Waals surface area contributed by atoms with Crippen LogP contribution in [0.1, 0.15) is 46.8 Å². The first kappa shape index (κ1) is 22.7. The molecule has 0 aromatic heterocycles. The largest absolute Gasteiger partial charge is 0.478 e. The molecular formula is C28H25NO6. The summed E-state index contributed by atoms with van der Waals surface area (Å²) >= 11 is 0. The van der Waals surface area contributed by atoms with Gasteiger partial charge in [-0.3, -0.25) is 9.59 Å². The minimum atomic E-state index is -1.13. The summed E-state index contributed by atoms with van der Waals surface area (Å²) < 4.78 is 10.9. The van der Waals surface area contributed by atoms with Gasteiger partial charge in [0.15, 0.2) is 11.5 Å². The normalized spacial score (nSPS) is 14.9. The lowest BCUT2D eigenvalue weighted by Crippen LogP contribution is -2.22. The van der Waals surface area contributed by atoms with Gasteiger partial charge in [0.25, 0.3) is 0 Å². The van der Waals surface area contributed by atoms with Crippen LogP contribution in [-0.4, -0.2) is 29.6 Å². The third-order valence-electron chi connectivity index (χ3n) is 6.75. The van der Waals surface area contributed by atoms with Crippen LogP contribution < -0.4 is 14.8 Å². The van der Waals surface area contributed by atoms with Crippen LogP contribution >= 0.6 is 0 Å². The lowest BCUT2D eigenvalue weighted by atomic mass is 9.86. The Morgan fingerprint density at radius 2 is 1.74 bits per heavy atom. The molecule has 1 aliphatic heterocycles. The number of aryl methyl sites for hydroxylation is 1. The predicted molar refractivity (Wildman–Crippen MR) is 130 cm³/mol. The lowest BCUT2D eigenvalue weighted by molar-refractivity contribution is -0.120. The fourth-order valence-electron chi connectivity index (χ4n) is 4.68. The van der Waals surface area contributed by atoms with Gasteiger partial charge in [-0.1, -0.05) is 30.3 Å². The summed E-state index contributed by atoms with van der Waals surface area (Å²) in [6, 6.07) is 16.5. The highest BCUT2D eigenvalue weighted by Gasteiger charge is 2.50. The molecule has 1 fully saturated rings. The molecule has 3 aromatic rings. The molecule has 35 heavy (non-hydrogen) atoms. The maximum atomic E-state index is 13.4. The summed E-state index contributed by atoms with van der Waals surface area (Å²) in [6.07, 6.45) is 1.88. The summed E-state index contributed by atoms with van der Waals surface area (Å²) in [6.45, 7) is 3.47. The molecule has 1 heterocycles. The number of fused-ring (bicyclic) bond motifs is 1. The number of Topliss-reactive ketones (excluding diaryl/α,β-unsaturated/α-hetero) is 1. The van der Waals surface area contributed by atoms with Crippen molar-refractivity contribution in [1.29, 1.82) is 0 Å². The second-order valence-electron chi connectivity index (χ2n) is 9.15. The van der Waals surface area contributed by atoms with Crippen LogP contribution in [0, 0.1) is 6.92 Å². The van der Waals surface area contributed by atoms with Crippen LogP contribution in [0.3, 0.4) is 0 Å². The SMILES string of the molecule is CC(=O)Nc1ccc(-c2cc(CC(=O)C3(c4ccc5c(c4)OCO5)CC3)ccc2C)cc1C(=O)O. The topological polar surface area (TPSA) is 102 Å². The molecular weight excluding hydrogens is 446 g/mol. The minimum absolute atomic E-state index is 0.0123. The molecule has 1 aliphatic carbocycles. The van der Waals surface area contributed by atoms with E-state index in [-0.39, 0.29) is 36.2 Å². The molecule has 0 saturated heterocycles. The standard InChI is InChI=1S/C28H25NO6/c1-16-3-4-18(11-21(16)19-5-7-23(29-17(2)30)22(13-19)27(32)33)12-26(31)28(9-10-28)20-6-8-24-25(14-20)35-15-34-24/h3-8,11,13-14H,9-10,12,15H2,1-2H3,(H,29,30)(H,32,33). The van der Waals surface area contributed by atoms with E-state index in [0.717, 1.165) is 35.1 Å². The molecule has 0 radical (unpaired) electrons. The molecule has 1 saturated carbocycles. The number of carbonyl (C=O) groups is 3. The Kier molecular flexibility index (Phi) is 5.55. The van der Waals surface area contributed by atoms with Crippen molar-refractivity contribution in [3.8, 4) is 22.6 Å². The first-order valence-electron chi connectivity index (χ1n) is 11.4. The molecule has 2 aliphatic rings. The highest BCUT2D eigenvalue weighted by Crippen LogP contribution is 2.51. The van der Waals surface area contributed by atoms with Gasteiger partial charge < -0.3 is 19.9 Å². The summed E-state index contributed by atoms with van der Waals surface area (Å²) in [5.41, 5.74) is 4.10. The van der Waals surface area contributed by atoms with Gasteiger partial charge in [-0.15, -0.1) is 0 Å². The summed E-state index contributed by atoms with van der Waals surface area (Å²) in [5, 5.41) is 12.2. The second-order valence-corrected chi connectivity index (χ2v) is 9.15. The minimum Gasteiger partial charge on any atom is -0.478 e. The number of aromatic carboxylic acids is 1. The van der Waals surface area contributed by atoms with Crippen LogP contribution in [-0.2, 0) is 21.4 Å². The number of rotatable bonds is 7. The molecule has 5 rings (SSSR count). The maximum Gasteiger partial charge on any atom is 0.337 e. The van der Waals surface area contributed by atoms with Crippen LogP contribution in [0.4, 0.5) is 5.69 Å². The van der Waals surface area contributed by atoms with Crippen molar-refractivity contribution in [2.24, 2.45) is 0 Å². The number of benzene rings is 3. The number of anilines is 1. The first-order valence-corrected chi connectivity index (χ1v) is 11.4. The highest BCUT2D eigenvalue weighted by molar-refractivity contribution is 6.01. The fourth-order valence-corrected chi connectivity index (χ4v) is 4.68. The van der Waals surface area contributed by atoms with Gasteiger partial charge in [0.1, 0.15) is 5.78 Å². The van der Waals surface area contributed by atoms with Crippen molar-refractivity contribution in [2.75, 3.05) is 12.1 Å². The summed E-state index contributed by atoms with van der Waals surface area (Å²) in [5.74, 6) is 0.0624. The molecule has 178 valence electrons. The van der Waals surface area contributed by atoms with E-state index in [1.165, 1.54) is 6.92 Å². The zero-order chi connectivity index (χ0) is 24.7. The Bertz CT molecular complexity index is 1370. The van der Waals surface area contributed by atoms with Crippen molar-refractivity contribution in [2.45, 2.75) is 38.5 Å². The molecule has 1 amide bonds. The zero-order valence-electron chi connectivity index (χ0n) is 19.5. The monoisotopic (exact) mass is 471 g/mol. The third kappa shape index (κ3) is 4.25. The van der Waals surface area contributed by atoms with Gasteiger partial charge in [0.2, 0.25) is 12.7 Å². The Hall–Kier alpha value is -4.13. The highest BCUT2D eigenvalue weighted by atomic mass is 16.7. The van der Waals surface area contributed by atoms with Crippen LogP contribution in [0.15, 0.2) is 54.6 Å². The van der Waals surface area contributed by atoms with Crippen molar-refractivity contribution < 1.29 is 29.0 Å². The third-order valence-corrected chi connectivity index (χ3v) is 6.75. The number of amides is 1. The average Bonchev–Trinajstić information content (AvgIpc) is 3.51. The molecule has 3 aromatic carbocycles. The molecule has 7 heteroatoms. The van der Waals surface area contributed by atoms with E-state index >= 15 is 0 Å². The molecule has 0 bridgehead atoms. The molecule has 0 spiro atoms. The maximum absolute atomic E-state index is 13.4. The van der Waals surface area contributed by atoms with Gasteiger partial charge in [0, 0.05) is 13.3 Å². The Labute approximate surface area is 202 Å². The van der Waals surface area contributed by atoms with E-state index in [9.17, 15) is 19.5 Å². The fraction of sp³-hybridized carbons (Fsp3) is 0.250. The van der Waals surface area contributed by atoms with Crippen LogP contribution in [0.2, 0.25) is 0 Å². The smallest absolute Gasteiger partial charge is 0.337 e. The van der Waals surface area contributed by atoms with E-state index in [2.05, 4.69) is 5.32 Å². The van der Waals surface area contributed by atoms with E-state index in [1.807, 2.05) is 43.3 Å². The van der Waals surface area contributed by atoms with E-state index < -0.39 is 11.4 Å². The van der Waals surface area contributed by atoms with Gasteiger partial charge in [-0.2, -0.15) is 0 Å². The number of hydrogen-bond donors (Lipinski definition) is 2. The number of nitrogens with one attached hydrogen (secondary N) is 1.